The number of hydrogen-bond donors (Lipinski definition) is 1. The molecule has 0 radical (unpaired) electrons. The summed E-state index contributed by atoms with van der Waals surface area (Å²) in [6.45, 7) is 2.78. The van der Waals surface area contributed by atoms with E-state index in [9.17, 15) is 4.39 Å². The van der Waals surface area contributed by atoms with Gasteiger partial charge < -0.3 is 14.8 Å². The molecule has 0 heterocycles. The van der Waals surface area contributed by atoms with Crippen molar-refractivity contribution in [3.63, 3.8) is 0 Å². The van der Waals surface area contributed by atoms with Crippen molar-refractivity contribution in [2.75, 3.05) is 20.8 Å². The van der Waals surface area contributed by atoms with Crippen molar-refractivity contribution < 1.29 is 13.9 Å². The largest absolute Gasteiger partial charge is 0.497 e. The summed E-state index contributed by atoms with van der Waals surface area (Å²) in [5.74, 6) is 1.18. The molecule has 0 saturated heterocycles. The second kappa shape index (κ2) is 7.09. The lowest BCUT2D eigenvalue weighted by molar-refractivity contribution is 0.402. The third kappa shape index (κ3) is 3.52. The van der Waals surface area contributed by atoms with Gasteiger partial charge in [-0.25, -0.2) is 4.39 Å². The van der Waals surface area contributed by atoms with Gasteiger partial charge in [-0.2, -0.15) is 0 Å². The maximum Gasteiger partial charge on any atom is 0.124 e. The highest BCUT2D eigenvalue weighted by molar-refractivity contribution is 5.43. The number of nitrogens with one attached hydrogen (secondary N) is 1. The maximum atomic E-state index is 13.6. The number of ether oxygens (including phenoxy) is 2. The smallest absolute Gasteiger partial charge is 0.124 e. The normalized spacial score (nSPS) is 12.0. The summed E-state index contributed by atoms with van der Waals surface area (Å²) < 4.78 is 24.2. The van der Waals surface area contributed by atoms with Crippen molar-refractivity contribution >= 4 is 0 Å². The molecule has 0 aliphatic heterocycles. The molecular formula is C17H20FNO2. The second-order valence-corrected chi connectivity index (χ2v) is 4.65. The summed E-state index contributed by atoms with van der Waals surface area (Å²) >= 11 is 0. The Labute approximate surface area is 124 Å². The van der Waals surface area contributed by atoms with Crippen molar-refractivity contribution in [1.82, 2.24) is 5.32 Å². The van der Waals surface area contributed by atoms with Crippen LogP contribution in [-0.4, -0.2) is 20.8 Å². The third-order valence-corrected chi connectivity index (χ3v) is 3.36. The van der Waals surface area contributed by atoms with Crippen LogP contribution in [0.3, 0.4) is 0 Å². The van der Waals surface area contributed by atoms with Crippen LogP contribution >= 0.6 is 0 Å². The minimum absolute atomic E-state index is 0.133. The van der Waals surface area contributed by atoms with Gasteiger partial charge in [0.2, 0.25) is 0 Å². The molecule has 0 aliphatic rings. The highest BCUT2D eigenvalue weighted by Crippen LogP contribution is 2.31. The Balaban J connectivity index is 2.44. The lowest BCUT2D eigenvalue weighted by Gasteiger charge is -2.21. The van der Waals surface area contributed by atoms with Crippen LogP contribution in [0.15, 0.2) is 42.5 Å². The maximum absolute atomic E-state index is 13.6. The van der Waals surface area contributed by atoms with Crippen LogP contribution in [-0.2, 0) is 0 Å². The van der Waals surface area contributed by atoms with Crippen LogP contribution in [0.25, 0.3) is 0 Å². The minimum atomic E-state index is -0.276. The first-order chi connectivity index (χ1) is 10.2. The summed E-state index contributed by atoms with van der Waals surface area (Å²) in [5, 5.41) is 3.37. The Bertz CT molecular complexity index is 584. The Hall–Kier alpha value is -2.07. The van der Waals surface area contributed by atoms with Gasteiger partial charge in [0.15, 0.2) is 0 Å². The van der Waals surface area contributed by atoms with Crippen LogP contribution in [0.5, 0.6) is 11.5 Å². The van der Waals surface area contributed by atoms with Crippen LogP contribution < -0.4 is 14.8 Å². The molecule has 1 N–H and O–H groups in total. The number of benzene rings is 2. The zero-order valence-corrected chi connectivity index (χ0v) is 12.5. The van der Waals surface area contributed by atoms with E-state index in [-0.39, 0.29) is 11.9 Å². The Morgan fingerprint density at radius 2 is 1.76 bits per heavy atom. The van der Waals surface area contributed by atoms with Crippen molar-refractivity contribution in [2.24, 2.45) is 0 Å². The van der Waals surface area contributed by atoms with Crippen molar-refractivity contribution in [3.8, 4) is 11.5 Å². The Morgan fingerprint density at radius 3 is 2.33 bits per heavy atom. The molecule has 0 fully saturated rings. The summed E-state index contributed by atoms with van der Waals surface area (Å²) in [5.41, 5.74) is 1.81. The first kappa shape index (κ1) is 15.3. The SMILES string of the molecule is CCNC(c1ccc(OC)cc1)c1cc(F)ccc1OC. The summed E-state index contributed by atoms with van der Waals surface area (Å²) in [6, 6.07) is 12.2. The van der Waals surface area contributed by atoms with Gasteiger partial charge in [0.25, 0.3) is 0 Å². The van der Waals surface area contributed by atoms with Crippen LogP contribution in [0.2, 0.25) is 0 Å². The summed E-state index contributed by atoms with van der Waals surface area (Å²) in [6.07, 6.45) is 0. The number of hydrogen-bond acceptors (Lipinski definition) is 3. The molecule has 21 heavy (non-hydrogen) atoms. The predicted molar refractivity (Wildman–Crippen MR) is 81.5 cm³/mol. The van der Waals surface area contributed by atoms with Crippen LogP contribution in [0.1, 0.15) is 24.1 Å². The average molecular weight is 289 g/mol. The van der Waals surface area contributed by atoms with Crippen molar-refractivity contribution in [2.45, 2.75) is 13.0 Å². The second-order valence-electron chi connectivity index (χ2n) is 4.65. The molecule has 112 valence electrons. The van der Waals surface area contributed by atoms with Gasteiger partial charge in [-0.3, -0.25) is 0 Å². The number of halogens is 1. The summed E-state index contributed by atoms with van der Waals surface area (Å²) in [4.78, 5) is 0. The highest BCUT2D eigenvalue weighted by Gasteiger charge is 2.18. The van der Waals surface area contributed by atoms with Gasteiger partial charge in [0.05, 0.1) is 20.3 Å². The zero-order chi connectivity index (χ0) is 15.2. The van der Waals surface area contributed by atoms with E-state index < -0.39 is 0 Å². The van der Waals surface area contributed by atoms with Crippen LogP contribution in [0, 0.1) is 5.82 Å². The van der Waals surface area contributed by atoms with Crippen molar-refractivity contribution in [3.05, 3.63) is 59.4 Å². The van der Waals surface area contributed by atoms with E-state index >= 15 is 0 Å². The first-order valence-electron chi connectivity index (χ1n) is 6.90. The van der Waals surface area contributed by atoms with Gasteiger partial charge in [-0.1, -0.05) is 19.1 Å². The monoisotopic (exact) mass is 289 g/mol. The van der Waals surface area contributed by atoms with E-state index in [1.807, 2.05) is 31.2 Å². The molecule has 2 aromatic carbocycles. The third-order valence-electron chi connectivity index (χ3n) is 3.36. The molecule has 1 unspecified atom stereocenters. The fourth-order valence-electron chi connectivity index (χ4n) is 2.34. The van der Waals surface area contributed by atoms with Gasteiger partial charge in [0.1, 0.15) is 17.3 Å². The van der Waals surface area contributed by atoms with E-state index in [0.29, 0.717) is 5.75 Å². The molecule has 0 spiro atoms. The molecule has 0 bridgehead atoms. The number of rotatable bonds is 6. The molecule has 0 aliphatic carbocycles. The summed E-state index contributed by atoms with van der Waals surface area (Å²) in [7, 11) is 3.22. The fourth-order valence-corrected chi connectivity index (χ4v) is 2.34. The van der Waals surface area contributed by atoms with Gasteiger partial charge in [0, 0.05) is 5.56 Å². The minimum Gasteiger partial charge on any atom is -0.497 e. The molecule has 0 saturated carbocycles. The molecule has 2 aromatic rings. The molecule has 3 nitrogen and oxygen atoms in total. The molecular weight excluding hydrogens is 269 g/mol. The van der Waals surface area contributed by atoms with Gasteiger partial charge in [-0.05, 0) is 42.4 Å². The van der Waals surface area contributed by atoms with E-state index in [1.54, 1.807) is 20.3 Å². The van der Waals surface area contributed by atoms with Gasteiger partial charge in [-0.15, -0.1) is 0 Å². The van der Waals surface area contributed by atoms with E-state index in [0.717, 1.165) is 23.4 Å². The average Bonchev–Trinajstić information content (AvgIpc) is 2.53. The highest BCUT2D eigenvalue weighted by atomic mass is 19.1. The van der Waals surface area contributed by atoms with E-state index in [2.05, 4.69) is 5.32 Å². The van der Waals surface area contributed by atoms with Crippen molar-refractivity contribution in [1.29, 1.82) is 0 Å². The lowest BCUT2D eigenvalue weighted by Crippen LogP contribution is -2.22. The zero-order valence-electron chi connectivity index (χ0n) is 12.5. The first-order valence-corrected chi connectivity index (χ1v) is 6.90. The molecule has 1 atom stereocenters. The lowest BCUT2D eigenvalue weighted by atomic mass is 9.97. The Kier molecular flexibility index (Phi) is 5.17. The van der Waals surface area contributed by atoms with Crippen LogP contribution in [0.4, 0.5) is 4.39 Å². The standard InChI is InChI=1S/C17H20FNO2/c1-4-19-17(12-5-8-14(20-2)9-6-12)15-11-13(18)7-10-16(15)21-3/h5-11,17,19H,4H2,1-3H3. The molecule has 4 heteroatoms. The van der Waals surface area contributed by atoms with E-state index in [1.165, 1.54) is 12.1 Å². The molecule has 0 amide bonds. The predicted octanol–water partition coefficient (Wildman–Crippen LogP) is 3.54. The van der Waals surface area contributed by atoms with E-state index in [4.69, 9.17) is 9.47 Å². The van der Waals surface area contributed by atoms with Gasteiger partial charge >= 0.3 is 0 Å². The molecule has 2 rings (SSSR count). The quantitative estimate of drug-likeness (QED) is 0.882. The fraction of sp³-hybridized carbons (Fsp3) is 0.294. The molecule has 0 aromatic heterocycles. The number of methoxy groups -OCH3 is 2. The topological polar surface area (TPSA) is 30.5 Å². The Morgan fingerprint density at radius 1 is 1.05 bits per heavy atom.